The molecule has 0 saturated carbocycles. The van der Waals surface area contributed by atoms with Crippen LogP contribution < -0.4 is 5.32 Å². The molecule has 0 amide bonds. The monoisotopic (exact) mass is 349 g/mol. The minimum absolute atomic E-state index is 0.146. The minimum atomic E-state index is -4.58. The normalized spacial score (nSPS) is 27.8. The molecule has 1 saturated heterocycles. The summed E-state index contributed by atoms with van der Waals surface area (Å²) in [4.78, 5) is 11.7. The third-order valence-electron chi connectivity index (χ3n) is 4.46. The van der Waals surface area contributed by atoms with Crippen molar-refractivity contribution in [1.82, 2.24) is 5.32 Å². The van der Waals surface area contributed by atoms with Crippen LogP contribution >= 0.6 is 11.3 Å². The molecular weight excluding hydrogens is 331 g/mol. The van der Waals surface area contributed by atoms with Crippen molar-refractivity contribution in [2.45, 2.75) is 44.0 Å². The van der Waals surface area contributed by atoms with E-state index in [0.717, 1.165) is 7.11 Å². The number of ether oxygens (including phenoxy) is 2. The van der Waals surface area contributed by atoms with Crippen LogP contribution in [0.4, 0.5) is 13.2 Å². The van der Waals surface area contributed by atoms with E-state index >= 15 is 0 Å². The van der Waals surface area contributed by atoms with E-state index in [1.54, 1.807) is 0 Å². The zero-order valence-corrected chi connectivity index (χ0v) is 13.7. The van der Waals surface area contributed by atoms with Gasteiger partial charge < -0.3 is 14.8 Å². The summed E-state index contributed by atoms with van der Waals surface area (Å²) in [6.45, 7) is 2.98. The number of fused-ring (bicyclic) bond motifs is 2. The van der Waals surface area contributed by atoms with Crippen LogP contribution in [-0.2, 0) is 27.7 Å². The Kier molecular flexibility index (Phi) is 4.18. The van der Waals surface area contributed by atoms with Crippen molar-refractivity contribution in [2.75, 3.05) is 20.3 Å². The van der Waals surface area contributed by atoms with Gasteiger partial charge in [-0.15, -0.1) is 11.3 Å². The lowest BCUT2D eigenvalue weighted by atomic mass is 9.82. The topological polar surface area (TPSA) is 47.6 Å². The molecule has 128 valence electrons. The Morgan fingerprint density at radius 1 is 1.48 bits per heavy atom. The van der Waals surface area contributed by atoms with Crippen molar-refractivity contribution >= 4 is 17.3 Å². The molecule has 1 N–H and O–H groups in total. The summed E-state index contributed by atoms with van der Waals surface area (Å²) in [5.74, 6) is -0.922. The van der Waals surface area contributed by atoms with E-state index in [4.69, 9.17) is 4.74 Å². The van der Waals surface area contributed by atoms with Gasteiger partial charge in [0.25, 0.3) is 0 Å². The molecule has 1 aromatic heterocycles. The van der Waals surface area contributed by atoms with Crippen LogP contribution in [-0.4, -0.2) is 32.3 Å². The zero-order valence-electron chi connectivity index (χ0n) is 12.9. The summed E-state index contributed by atoms with van der Waals surface area (Å²) in [6.07, 6.45) is -3.08. The highest BCUT2D eigenvalue weighted by Crippen LogP contribution is 2.50. The fourth-order valence-corrected chi connectivity index (χ4v) is 4.92. The Morgan fingerprint density at radius 3 is 2.83 bits per heavy atom. The van der Waals surface area contributed by atoms with Crippen LogP contribution in [0, 0.1) is 0 Å². The first-order valence-electron chi connectivity index (χ1n) is 7.47. The summed E-state index contributed by atoms with van der Waals surface area (Å²) in [5.41, 5.74) is -0.599. The van der Waals surface area contributed by atoms with Crippen molar-refractivity contribution in [3.63, 3.8) is 0 Å². The number of carbonyl (C=O) groups is 1. The first-order valence-corrected chi connectivity index (χ1v) is 8.29. The van der Waals surface area contributed by atoms with E-state index in [1.165, 1.54) is 0 Å². The largest absolute Gasteiger partial charge is 0.465 e. The van der Waals surface area contributed by atoms with Gasteiger partial charge in [0, 0.05) is 10.9 Å². The maximum Gasteiger partial charge on any atom is 0.426 e. The van der Waals surface area contributed by atoms with Gasteiger partial charge in [-0.3, -0.25) is 0 Å². The number of alkyl halides is 3. The molecule has 1 spiro atoms. The van der Waals surface area contributed by atoms with Gasteiger partial charge in [-0.05, 0) is 38.3 Å². The quantitative estimate of drug-likeness (QED) is 0.792. The number of carbonyl (C=O) groups excluding carboxylic acids is 1. The van der Waals surface area contributed by atoms with E-state index in [0.29, 0.717) is 54.2 Å². The van der Waals surface area contributed by atoms with Crippen molar-refractivity contribution in [2.24, 2.45) is 0 Å². The van der Waals surface area contributed by atoms with Gasteiger partial charge in [0.2, 0.25) is 0 Å². The number of hydrogen-bond acceptors (Lipinski definition) is 5. The van der Waals surface area contributed by atoms with Crippen molar-refractivity contribution in [3.05, 3.63) is 20.9 Å². The lowest BCUT2D eigenvalue weighted by Crippen LogP contribution is -2.48. The van der Waals surface area contributed by atoms with Crippen molar-refractivity contribution in [1.29, 1.82) is 0 Å². The number of methoxy groups -OCH3 is 1. The lowest BCUT2D eigenvalue weighted by Gasteiger charge is -2.42. The van der Waals surface area contributed by atoms with Crippen LogP contribution in [0.2, 0.25) is 0 Å². The average Bonchev–Trinajstić information content (AvgIpc) is 2.88. The molecule has 8 heteroatoms. The highest BCUT2D eigenvalue weighted by Gasteiger charge is 2.48. The molecule has 3 heterocycles. The number of rotatable bonds is 1. The van der Waals surface area contributed by atoms with Gasteiger partial charge in [0.05, 0.1) is 19.3 Å². The molecule has 3 rings (SSSR count). The summed E-state index contributed by atoms with van der Waals surface area (Å²) >= 11 is 0.641. The number of piperidine rings is 1. The molecule has 0 bridgehead atoms. The third-order valence-corrected chi connectivity index (χ3v) is 5.92. The second kappa shape index (κ2) is 5.75. The van der Waals surface area contributed by atoms with Gasteiger partial charge in [-0.25, -0.2) is 4.79 Å². The summed E-state index contributed by atoms with van der Waals surface area (Å²) < 4.78 is 50.8. The maximum atomic E-state index is 13.4. The van der Waals surface area contributed by atoms with Gasteiger partial charge >= 0.3 is 12.1 Å². The predicted octanol–water partition coefficient (Wildman–Crippen LogP) is 3.09. The van der Waals surface area contributed by atoms with Gasteiger partial charge in [-0.2, -0.15) is 13.2 Å². The molecule has 2 atom stereocenters. The number of hydrogen-bond donors (Lipinski definition) is 1. The number of halogens is 3. The Labute approximate surface area is 136 Å². The van der Waals surface area contributed by atoms with E-state index < -0.39 is 22.6 Å². The number of nitrogens with one attached hydrogen (secondary N) is 1. The highest BCUT2D eigenvalue weighted by molar-refractivity contribution is 7.12. The molecule has 23 heavy (non-hydrogen) atoms. The minimum Gasteiger partial charge on any atom is -0.465 e. The summed E-state index contributed by atoms with van der Waals surface area (Å²) in [7, 11) is 1.11. The van der Waals surface area contributed by atoms with Crippen LogP contribution in [0.5, 0.6) is 0 Å². The highest BCUT2D eigenvalue weighted by atomic mass is 32.1. The fraction of sp³-hybridized carbons (Fsp3) is 0.667. The molecule has 2 aliphatic rings. The van der Waals surface area contributed by atoms with E-state index in [1.807, 2.05) is 6.92 Å². The fourth-order valence-electron chi connectivity index (χ4n) is 3.53. The number of thiophene rings is 1. The molecule has 0 aromatic carbocycles. The molecule has 4 nitrogen and oxygen atoms in total. The lowest BCUT2D eigenvalue weighted by molar-refractivity contribution is -0.134. The molecular formula is C15H18F3NO3S. The number of esters is 1. The predicted molar refractivity (Wildman–Crippen MR) is 78.7 cm³/mol. The smallest absolute Gasteiger partial charge is 0.426 e. The SMILES string of the molecule is COC(=O)c1c(C(F)(F)F)sc2c1CCOC21CCN[C@@H](C)C1. The van der Waals surface area contributed by atoms with Gasteiger partial charge in [0.1, 0.15) is 10.5 Å². The molecule has 0 aliphatic carbocycles. The second-order valence-corrected chi connectivity index (χ2v) is 7.03. The van der Waals surface area contributed by atoms with Crippen LogP contribution in [0.1, 0.15) is 45.4 Å². The van der Waals surface area contributed by atoms with E-state index in [-0.39, 0.29) is 11.6 Å². The van der Waals surface area contributed by atoms with Crippen LogP contribution in [0.15, 0.2) is 0 Å². The van der Waals surface area contributed by atoms with E-state index in [9.17, 15) is 18.0 Å². The van der Waals surface area contributed by atoms with Gasteiger partial charge in [-0.1, -0.05) is 0 Å². The molecule has 1 fully saturated rings. The Morgan fingerprint density at radius 2 is 2.22 bits per heavy atom. The second-order valence-electron chi connectivity index (χ2n) is 6.01. The van der Waals surface area contributed by atoms with Crippen molar-refractivity contribution < 1.29 is 27.4 Å². The van der Waals surface area contributed by atoms with Crippen LogP contribution in [0.3, 0.4) is 0 Å². The zero-order chi connectivity index (χ0) is 16.8. The maximum absolute atomic E-state index is 13.4. The van der Waals surface area contributed by atoms with E-state index in [2.05, 4.69) is 10.1 Å². The first-order chi connectivity index (χ1) is 10.8. The Bertz CT molecular complexity index is 628. The Balaban J connectivity index is 2.17. The molecule has 1 aromatic rings. The molecule has 0 radical (unpaired) electrons. The summed E-state index contributed by atoms with van der Waals surface area (Å²) in [5, 5.41) is 3.28. The molecule has 2 aliphatic heterocycles. The standard InChI is InChI=1S/C15H18F3NO3S/c1-8-7-14(4-5-19-8)11-9(3-6-22-14)10(13(20)21-2)12(23-11)15(16,17)18/h8,19H,3-7H2,1-2H3/t8-,14?/m0/s1. The first kappa shape index (κ1) is 16.7. The van der Waals surface area contributed by atoms with Crippen LogP contribution in [0.25, 0.3) is 0 Å². The molecule has 1 unspecified atom stereocenters. The summed E-state index contributed by atoms with van der Waals surface area (Å²) in [6, 6.07) is 0.146. The Hall–Kier alpha value is -1.12. The third kappa shape index (κ3) is 2.77. The average molecular weight is 349 g/mol. The van der Waals surface area contributed by atoms with Gasteiger partial charge in [0.15, 0.2) is 0 Å². The van der Waals surface area contributed by atoms with Crippen molar-refractivity contribution in [3.8, 4) is 0 Å².